The fourth-order valence-corrected chi connectivity index (χ4v) is 1.56. The van der Waals surface area contributed by atoms with Gasteiger partial charge in [-0.2, -0.15) is 0 Å². The van der Waals surface area contributed by atoms with E-state index in [1.807, 2.05) is 0 Å². The van der Waals surface area contributed by atoms with E-state index in [1.54, 1.807) is 26.0 Å². The fraction of sp³-hybridized carbons (Fsp3) is 0.364. The van der Waals surface area contributed by atoms with Crippen LogP contribution in [0, 0.1) is 15.5 Å². The number of primary amides is 1. The quantitative estimate of drug-likeness (QED) is 0.643. The lowest BCUT2D eigenvalue weighted by molar-refractivity contribution is -0.384. The minimum Gasteiger partial charge on any atom is -0.378 e. The average Bonchev–Trinajstić information content (AvgIpc) is 2.27. The maximum atomic E-state index is 11.2. The summed E-state index contributed by atoms with van der Waals surface area (Å²) >= 11 is 3.17. The number of nitro benzene ring substituents is 1. The van der Waals surface area contributed by atoms with Crippen molar-refractivity contribution in [1.29, 1.82) is 0 Å². The Labute approximate surface area is 113 Å². The molecular formula is C11H14BrN3O3. The van der Waals surface area contributed by atoms with E-state index in [2.05, 4.69) is 21.2 Å². The van der Waals surface area contributed by atoms with Gasteiger partial charge in [-0.25, -0.2) is 0 Å². The van der Waals surface area contributed by atoms with Crippen molar-refractivity contribution in [2.45, 2.75) is 13.8 Å². The summed E-state index contributed by atoms with van der Waals surface area (Å²) in [6, 6.07) is 4.67. The molecule has 0 aromatic heterocycles. The number of hydrogen-bond acceptors (Lipinski definition) is 4. The van der Waals surface area contributed by atoms with Crippen LogP contribution in [0.25, 0.3) is 0 Å². The van der Waals surface area contributed by atoms with Crippen LogP contribution in [0.1, 0.15) is 13.8 Å². The molecule has 18 heavy (non-hydrogen) atoms. The number of amides is 1. The first-order valence-corrected chi connectivity index (χ1v) is 6.01. The highest BCUT2D eigenvalue weighted by Gasteiger charge is 2.25. The number of nitrogens with one attached hydrogen (secondary N) is 1. The third kappa shape index (κ3) is 3.43. The lowest BCUT2D eigenvalue weighted by atomic mass is 9.92. The van der Waals surface area contributed by atoms with Crippen molar-refractivity contribution in [3.05, 3.63) is 32.8 Å². The Bertz CT molecular complexity index is 488. The molecule has 0 aliphatic rings. The van der Waals surface area contributed by atoms with Crippen LogP contribution in [0.2, 0.25) is 0 Å². The van der Waals surface area contributed by atoms with Crippen molar-refractivity contribution in [1.82, 2.24) is 0 Å². The molecule has 0 saturated heterocycles. The van der Waals surface area contributed by atoms with Gasteiger partial charge in [-0.15, -0.1) is 0 Å². The van der Waals surface area contributed by atoms with E-state index in [9.17, 15) is 14.9 Å². The molecule has 0 unspecified atom stereocenters. The Morgan fingerprint density at radius 3 is 2.67 bits per heavy atom. The van der Waals surface area contributed by atoms with Crippen LogP contribution in [0.5, 0.6) is 0 Å². The van der Waals surface area contributed by atoms with E-state index >= 15 is 0 Å². The van der Waals surface area contributed by atoms with Gasteiger partial charge < -0.3 is 11.1 Å². The van der Waals surface area contributed by atoms with Crippen LogP contribution in [-0.2, 0) is 4.79 Å². The zero-order chi connectivity index (χ0) is 13.9. The number of carbonyl (C=O) groups is 1. The Hall–Kier alpha value is -1.63. The number of hydrogen-bond donors (Lipinski definition) is 2. The number of nitrogens with two attached hydrogens (primary N) is 1. The van der Waals surface area contributed by atoms with Crippen LogP contribution < -0.4 is 11.1 Å². The van der Waals surface area contributed by atoms with Crippen molar-refractivity contribution in [2.75, 3.05) is 11.9 Å². The van der Waals surface area contributed by atoms with Crippen molar-refractivity contribution >= 4 is 33.2 Å². The fourth-order valence-electron chi connectivity index (χ4n) is 1.21. The summed E-state index contributed by atoms with van der Waals surface area (Å²) in [5.74, 6) is -0.463. The van der Waals surface area contributed by atoms with E-state index in [1.165, 1.54) is 6.07 Å². The van der Waals surface area contributed by atoms with Gasteiger partial charge in [-0.1, -0.05) is 15.9 Å². The Balaban J connectivity index is 2.92. The van der Waals surface area contributed by atoms with Crippen molar-refractivity contribution in [3.8, 4) is 0 Å². The van der Waals surface area contributed by atoms with E-state index in [0.717, 1.165) is 0 Å². The van der Waals surface area contributed by atoms with Gasteiger partial charge in [0.1, 0.15) is 5.69 Å². The first kappa shape index (κ1) is 14.4. The number of benzene rings is 1. The van der Waals surface area contributed by atoms with Gasteiger partial charge in [0, 0.05) is 17.1 Å². The molecule has 1 amide bonds. The van der Waals surface area contributed by atoms with Crippen LogP contribution in [-0.4, -0.2) is 17.4 Å². The second-order valence-corrected chi connectivity index (χ2v) is 5.44. The molecule has 6 nitrogen and oxygen atoms in total. The largest absolute Gasteiger partial charge is 0.378 e. The molecule has 7 heteroatoms. The molecule has 0 fully saturated rings. The molecule has 0 aliphatic heterocycles. The summed E-state index contributed by atoms with van der Waals surface area (Å²) in [5, 5.41) is 13.8. The minimum atomic E-state index is -0.777. The summed E-state index contributed by atoms with van der Waals surface area (Å²) < 4.78 is 0.619. The summed E-state index contributed by atoms with van der Waals surface area (Å²) in [6.45, 7) is 3.57. The predicted molar refractivity (Wildman–Crippen MR) is 72.3 cm³/mol. The zero-order valence-electron chi connectivity index (χ0n) is 10.1. The average molecular weight is 316 g/mol. The van der Waals surface area contributed by atoms with Gasteiger partial charge in [-0.3, -0.25) is 14.9 Å². The van der Waals surface area contributed by atoms with Crippen LogP contribution in [0.3, 0.4) is 0 Å². The van der Waals surface area contributed by atoms with Crippen molar-refractivity contribution < 1.29 is 9.72 Å². The molecule has 1 rings (SSSR count). The second kappa shape index (κ2) is 5.34. The molecule has 0 radical (unpaired) electrons. The Morgan fingerprint density at radius 2 is 2.17 bits per heavy atom. The van der Waals surface area contributed by atoms with Crippen LogP contribution in [0.4, 0.5) is 11.4 Å². The minimum absolute atomic E-state index is 0.0513. The highest BCUT2D eigenvalue weighted by Crippen LogP contribution is 2.29. The third-order valence-corrected chi connectivity index (χ3v) is 3.04. The summed E-state index contributed by atoms with van der Waals surface area (Å²) in [6.07, 6.45) is 0. The zero-order valence-corrected chi connectivity index (χ0v) is 11.7. The number of nitro groups is 1. The maximum absolute atomic E-state index is 11.2. The SMILES string of the molecule is CC(C)(CNc1ccc(Br)cc1[N+](=O)[O-])C(N)=O. The Kier molecular flexibility index (Phi) is 4.28. The standard InChI is InChI=1S/C11H14BrN3O3/c1-11(2,10(13)16)6-14-8-4-3-7(12)5-9(8)15(17)18/h3-5,14H,6H2,1-2H3,(H2,13,16). The molecule has 0 atom stereocenters. The van der Waals surface area contributed by atoms with Gasteiger partial charge in [0.2, 0.25) is 5.91 Å². The number of nitrogens with zero attached hydrogens (tertiary/aromatic N) is 1. The normalized spacial score (nSPS) is 11.1. The van der Waals surface area contributed by atoms with Crippen molar-refractivity contribution in [2.24, 2.45) is 11.1 Å². The third-order valence-electron chi connectivity index (χ3n) is 2.54. The second-order valence-electron chi connectivity index (χ2n) is 4.52. The number of halogens is 1. The molecule has 98 valence electrons. The first-order valence-electron chi connectivity index (χ1n) is 5.22. The summed E-state index contributed by atoms with van der Waals surface area (Å²) in [5.41, 5.74) is 4.77. The summed E-state index contributed by atoms with van der Waals surface area (Å²) in [7, 11) is 0. The highest BCUT2D eigenvalue weighted by atomic mass is 79.9. The number of rotatable bonds is 5. The van der Waals surface area contributed by atoms with E-state index in [-0.39, 0.29) is 12.2 Å². The van der Waals surface area contributed by atoms with Crippen LogP contribution in [0.15, 0.2) is 22.7 Å². The molecule has 3 N–H and O–H groups in total. The van der Waals surface area contributed by atoms with Gasteiger partial charge in [0.05, 0.1) is 10.3 Å². The summed E-state index contributed by atoms with van der Waals surface area (Å²) in [4.78, 5) is 21.6. The number of anilines is 1. The molecule has 0 aliphatic carbocycles. The number of carbonyl (C=O) groups excluding carboxylic acids is 1. The molecule has 0 bridgehead atoms. The molecular weight excluding hydrogens is 302 g/mol. The van der Waals surface area contributed by atoms with E-state index in [0.29, 0.717) is 10.2 Å². The smallest absolute Gasteiger partial charge is 0.293 e. The van der Waals surface area contributed by atoms with Gasteiger partial charge >= 0.3 is 0 Å². The van der Waals surface area contributed by atoms with Crippen LogP contribution >= 0.6 is 15.9 Å². The van der Waals surface area contributed by atoms with Gasteiger partial charge in [-0.05, 0) is 26.0 Å². The first-order chi connectivity index (χ1) is 8.24. The Morgan fingerprint density at radius 1 is 1.56 bits per heavy atom. The lowest BCUT2D eigenvalue weighted by Gasteiger charge is -2.21. The molecule has 1 aromatic carbocycles. The topological polar surface area (TPSA) is 98.3 Å². The molecule has 1 aromatic rings. The monoisotopic (exact) mass is 315 g/mol. The molecule has 0 heterocycles. The van der Waals surface area contributed by atoms with Crippen molar-refractivity contribution in [3.63, 3.8) is 0 Å². The lowest BCUT2D eigenvalue weighted by Crippen LogP contribution is -2.37. The highest BCUT2D eigenvalue weighted by molar-refractivity contribution is 9.10. The molecule has 0 spiro atoms. The predicted octanol–water partition coefficient (Wildman–Crippen LogP) is 2.28. The van der Waals surface area contributed by atoms with E-state index in [4.69, 9.17) is 5.73 Å². The maximum Gasteiger partial charge on any atom is 0.293 e. The van der Waals surface area contributed by atoms with Gasteiger partial charge in [0.25, 0.3) is 5.69 Å². The van der Waals surface area contributed by atoms with Gasteiger partial charge in [0.15, 0.2) is 0 Å². The molecule has 0 saturated carbocycles. The van der Waals surface area contributed by atoms with E-state index < -0.39 is 16.2 Å².